The summed E-state index contributed by atoms with van der Waals surface area (Å²) in [5.41, 5.74) is 0. The molecule has 436 valence electrons. The number of ether oxygens (including phenoxy) is 1. The van der Waals surface area contributed by atoms with E-state index in [0.717, 1.165) is 77.0 Å². The molecule has 9 nitrogen and oxygen atoms in total. The minimum atomic E-state index is -4.70. The number of hydrogen-bond acceptors (Lipinski definition) is 7. The average Bonchev–Trinajstić information content (AvgIpc) is 3.36. The van der Waals surface area contributed by atoms with Crippen LogP contribution < -0.4 is 10.2 Å². The Balaban J connectivity index is 5.18. The molecule has 0 bridgehead atoms. The summed E-state index contributed by atoms with van der Waals surface area (Å²) in [5.74, 6) is -0.541. The lowest BCUT2D eigenvalue weighted by molar-refractivity contribution is -0.870. The number of likely N-dealkylation sites (N-methyl/N-ethyl adjacent to an activating group) is 1. The number of phosphoric ester groups is 1. The fraction of sp³-hybridized carbons (Fsp3) is 0.875. The summed E-state index contributed by atoms with van der Waals surface area (Å²) in [7, 11) is 1.19. The van der Waals surface area contributed by atoms with Gasteiger partial charge in [-0.15, -0.1) is 0 Å². The van der Waals surface area contributed by atoms with E-state index < -0.39 is 20.0 Å². The minimum absolute atomic E-state index is 0.0220. The molecular weight excluding hydrogens is 940 g/mol. The predicted molar refractivity (Wildman–Crippen MR) is 316 cm³/mol. The van der Waals surface area contributed by atoms with E-state index in [1.54, 1.807) is 0 Å². The Morgan fingerprint density at radius 1 is 0.473 bits per heavy atom. The van der Waals surface area contributed by atoms with Crippen molar-refractivity contribution in [3.63, 3.8) is 0 Å². The highest BCUT2D eigenvalue weighted by molar-refractivity contribution is 7.45. The first-order chi connectivity index (χ1) is 35.9. The number of hydrogen-bond donors (Lipinski definition) is 1. The van der Waals surface area contributed by atoms with Crippen molar-refractivity contribution in [3.8, 4) is 0 Å². The molecule has 0 aliphatic heterocycles. The zero-order valence-electron chi connectivity index (χ0n) is 49.8. The molecule has 1 N–H and O–H groups in total. The zero-order chi connectivity index (χ0) is 54.3. The first-order valence-electron chi connectivity index (χ1n) is 31.8. The summed E-state index contributed by atoms with van der Waals surface area (Å²) in [6.45, 7) is 6.84. The number of nitrogens with zero attached hydrogens (tertiary/aromatic N) is 1. The molecule has 0 saturated carbocycles. The Hall–Kier alpha value is -1.77. The van der Waals surface area contributed by atoms with E-state index in [4.69, 9.17) is 13.8 Å². The summed E-state index contributed by atoms with van der Waals surface area (Å²) in [5, 5.41) is 3.03. The summed E-state index contributed by atoms with van der Waals surface area (Å²) in [4.78, 5) is 40.0. The number of carbonyl (C=O) groups excluding carboxylic acids is 2. The maximum absolute atomic E-state index is 13.5. The van der Waals surface area contributed by atoms with Gasteiger partial charge in [0.05, 0.1) is 33.8 Å². The van der Waals surface area contributed by atoms with Crippen molar-refractivity contribution in [1.82, 2.24) is 5.32 Å². The summed E-state index contributed by atoms with van der Waals surface area (Å²) < 4.78 is 30.3. The number of phosphoric acid groups is 1. The molecule has 0 aliphatic carbocycles. The Bertz CT molecular complexity index is 1360. The van der Waals surface area contributed by atoms with Crippen LogP contribution in [0.3, 0.4) is 0 Å². The third-order valence-corrected chi connectivity index (χ3v) is 15.3. The van der Waals surface area contributed by atoms with Gasteiger partial charge in [-0.25, -0.2) is 0 Å². The van der Waals surface area contributed by atoms with Gasteiger partial charge in [0.15, 0.2) is 0 Å². The van der Waals surface area contributed by atoms with Gasteiger partial charge < -0.3 is 28.5 Å². The van der Waals surface area contributed by atoms with Crippen molar-refractivity contribution < 1.29 is 37.3 Å². The van der Waals surface area contributed by atoms with Crippen LogP contribution in [0.4, 0.5) is 0 Å². The van der Waals surface area contributed by atoms with Crippen molar-refractivity contribution in [2.45, 2.75) is 322 Å². The molecule has 0 heterocycles. The Labute approximate surface area is 459 Å². The first kappa shape index (κ1) is 72.2. The highest BCUT2D eigenvalue weighted by atomic mass is 31.2. The van der Waals surface area contributed by atoms with E-state index in [1.165, 1.54) is 199 Å². The fourth-order valence-corrected chi connectivity index (χ4v) is 10.1. The Morgan fingerprint density at radius 3 is 1.22 bits per heavy atom. The lowest BCUT2D eigenvalue weighted by atomic mass is 10.0. The molecule has 0 aliphatic rings. The van der Waals surface area contributed by atoms with Crippen molar-refractivity contribution in [2.75, 3.05) is 40.9 Å². The topological polar surface area (TPSA) is 114 Å². The van der Waals surface area contributed by atoms with Gasteiger partial charge in [-0.1, -0.05) is 276 Å². The standard InChI is InChI=1S/C64H123N2O7P/c1-7-10-13-16-19-22-25-28-30-31-32-33-34-35-37-38-41-44-47-50-53-56-63(67)65-61(60-72-74(69,70)71-59-58-66(4,5)6)62(55-52-49-46-43-40-27-24-21-18-15-12-9-3)73-64(68)57-54-51-48-45-42-39-36-29-26-23-20-17-14-11-8-2/h20,23,26,29,52,55,61-62H,7-19,21-22,24-25,27-28,30-51,53-54,56-60H2,1-6H3,(H-,65,67,69,70)/b23-20+,29-26+,55-52+. The molecule has 3 unspecified atom stereocenters. The lowest BCUT2D eigenvalue weighted by Crippen LogP contribution is -2.47. The van der Waals surface area contributed by atoms with Gasteiger partial charge in [-0.05, 0) is 57.4 Å². The van der Waals surface area contributed by atoms with E-state index >= 15 is 0 Å². The summed E-state index contributed by atoms with van der Waals surface area (Å²) >= 11 is 0. The number of allylic oxidation sites excluding steroid dienone is 5. The van der Waals surface area contributed by atoms with E-state index in [1.807, 2.05) is 33.3 Å². The van der Waals surface area contributed by atoms with Crippen molar-refractivity contribution in [1.29, 1.82) is 0 Å². The molecule has 1 amide bonds. The first-order valence-corrected chi connectivity index (χ1v) is 33.3. The fourth-order valence-electron chi connectivity index (χ4n) is 9.40. The van der Waals surface area contributed by atoms with Crippen LogP contribution in [-0.2, 0) is 27.9 Å². The van der Waals surface area contributed by atoms with E-state index in [-0.39, 0.29) is 31.5 Å². The quantitative estimate of drug-likeness (QED) is 0.0161. The van der Waals surface area contributed by atoms with Crippen LogP contribution in [0.1, 0.15) is 310 Å². The Kier molecular flexibility index (Phi) is 53.3. The van der Waals surface area contributed by atoms with Crippen LogP contribution in [-0.4, -0.2) is 69.4 Å². The molecule has 0 saturated heterocycles. The molecule has 0 aromatic rings. The van der Waals surface area contributed by atoms with Crippen LogP contribution in [0.25, 0.3) is 0 Å². The van der Waals surface area contributed by atoms with Gasteiger partial charge in [0.25, 0.3) is 7.82 Å². The van der Waals surface area contributed by atoms with Crippen LogP contribution in [0, 0.1) is 0 Å². The summed E-state index contributed by atoms with van der Waals surface area (Å²) in [6.07, 6.45) is 65.4. The van der Waals surface area contributed by atoms with Crippen LogP contribution in [0.2, 0.25) is 0 Å². The van der Waals surface area contributed by atoms with Gasteiger partial charge in [-0.3, -0.25) is 14.2 Å². The number of unbranched alkanes of at least 4 members (excludes halogenated alkanes) is 39. The normalized spacial score (nSPS) is 13.9. The van der Waals surface area contributed by atoms with Gasteiger partial charge >= 0.3 is 5.97 Å². The maximum Gasteiger partial charge on any atom is 0.306 e. The third-order valence-electron chi connectivity index (χ3n) is 14.4. The molecular formula is C64H123N2O7P. The molecule has 0 spiro atoms. The molecule has 0 radical (unpaired) electrons. The van der Waals surface area contributed by atoms with Gasteiger partial charge in [0, 0.05) is 12.8 Å². The molecule has 10 heteroatoms. The van der Waals surface area contributed by atoms with Crippen molar-refractivity contribution in [3.05, 3.63) is 36.5 Å². The molecule has 0 rings (SSSR count). The number of rotatable bonds is 58. The van der Waals surface area contributed by atoms with Crippen LogP contribution in [0.15, 0.2) is 36.5 Å². The van der Waals surface area contributed by atoms with Crippen molar-refractivity contribution >= 4 is 19.7 Å². The van der Waals surface area contributed by atoms with E-state index in [9.17, 15) is 19.0 Å². The second kappa shape index (κ2) is 54.6. The second-order valence-corrected chi connectivity index (χ2v) is 24.4. The van der Waals surface area contributed by atoms with Gasteiger partial charge in [0.1, 0.15) is 19.3 Å². The molecule has 0 fully saturated rings. The third kappa shape index (κ3) is 55.0. The minimum Gasteiger partial charge on any atom is -0.756 e. The smallest absolute Gasteiger partial charge is 0.306 e. The molecule has 0 aromatic heterocycles. The highest BCUT2D eigenvalue weighted by Gasteiger charge is 2.27. The largest absolute Gasteiger partial charge is 0.756 e. The lowest BCUT2D eigenvalue weighted by Gasteiger charge is -2.30. The second-order valence-electron chi connectivity index (χ2n) is 23.0. The molecule has 3 atom stereocenters. The molecule has 74 heavy (non-hydrogen) atoms. The predicted octanol–water partition coefficient (Wildman–Crippen LogP) is 18.9. The average molecular weight is 1060 g/mol. The number of nitrogens with one attached hydrogen (secondary N) is 1. The van der Waals surface area contributed by atoms with Crippen LogP contribution in [0.5, 0.6) is 0 Å². The number of esters is 1. The highest BCUT2D eigenvalue weighted by Crippen LogP contribution is 2.38. The number of quaternary nitrogens is 1. The summed E-state index contributed by atoms with van der Waals surface area (Å²) in [6, 6.07) is -0.889. The number of carbonyl (C=O) groups is 2. The van der Waals surface area contributed by atoms with E-state index in [2.05, 4.69) is 50.4 Å². The monoisotopic (exact) mass is 1060 g/mol. The Morgan fingerprint density at radius 2 is 0.811 bits per heavy atom. The van der Waals surface area contributed by atoms with E-state index in [0.29, 0.717) is 17.4 Å². The van der Waals surface area contributed by atoms with Gasteiger partial charge in [-0.2, -0.15) is 0 Å². The zero-order valence-corrected chi connectivity index (χ0v) is 50.7. The molecule has 0 aromatic carbocycles. The number of amides is 1. The van der Waals surface area contributed by atoms with Crippen molar-refractivity contribution in [2.24, 2.45) is 0 Å². The maximum atomic E-state index is 13.5. The SMILES string of the molecule is CCCCC/C=C/C=C/CCCCCCCCC(=O)OC(/C=C/CCCCCCCCCCCC)C(COP(=O)([O-])OCC[N+](C)(C)C)NC(=O)CCCCCCCCCCCCCCCCCCCCCCC. The van der Waals surface area contributed by atoms with Crippen LogP contribution >= 0.6 is 7.82 Å². The van der Waals surface area contributed by atoms with Gasteiger partial charge in [0.2, 0.25) is 5.91 Å².